The van der Waals surface area contributed by atoms with Gasteiger partial charge < -0.3 is 14.2 Å². The van der Waals surface area contributed by atoms with Crippen molar-refractivity contribution in [3.63, 3.8) is 0 Å². The molecule has 0 spiro atoms. The van der Waals surface area contributed by atoms with Crippen molar-refractivity contribution in [1.82, 2.24) is 0 Å². The van der Waals surface area contributed by atoms with Crippen LogP contribution in [0.1, 0.15) is 21.5 Å². The standard InChI is InChI=1S/C18H15F6O4P.Li/c1-26-9-7-12(27-2)15(13(8-9)28-3)29-16(25)14-10(17(19,20)21)5-4-6-11(14)18(22,23)24;/h4-8,29H,1-3H3;. The van der Waals surface area contributed by atoms with Gasteiger partial charge in [0.05, 0.1) is 37.8 Å². The van der Waals surface area contributed by atoms with Gasteiger partial charge in [-0.25, -0.2) is 0 Å². The van der Waals surface area contributed by atoms with Crippen LogP contribution >= 0.6 is 8.58 Å². The second-order valence-corrected chi connectivity index (χ2v) is 6.79. The Kier molecular flexibility index (Phi) is 8.67. The second kappa shape index (κ2) is 9.95. The molecule has 159 valence electrons. The minimum absolute atomic E-state index is 0. The Labute approximate surface area is 181 Å². The number of benzene rings is 2. The predicted molar refractivity (Wildman–Crippen MR) is 101 cm³/mol. The number of hydrogen-bond donors (Lipinski definition) is 0. The maximum absolute atomic E-state index is 13.3. The molecule has 4 nitrogen and oxygen atoms in total. The smallest absolute Gasteiger partial charge is 0.417 e. The van der Waals surface area contributed by atoms with Crippen molar-refractivity contribution < 1.29 is 45.3 Å². The number of hydrogen-bond acceptors (Lipinski definition) is 4. The summed E-state index contributed by atoms with van der Waals surface area (Å²) in [6.07, 6.45) is -10.3. The molecule has 0 aliphatic heterocycles. The quantitative estimate of drug-likeness (QED) is 0.372. The molecule has 0 aliphatic carbocycles. The number of carbonyl (C=O) groups excluding carboxylic acids is 1. The second-order valence-electron chi connectivity index (χ2n) is 5.58. The Bertz CT molecular complexity index is 857. The van der Waals surface area contributed by atoms with Crippen molar-refractivity contribution in [2.45, 2.75) is 12.4 Å². The average molecular weight is 447 g/mol. The van der Waals surface area contributed by atoms with E-state index in [0.717, 1.165) is 0 Å². The van der Waals surface area contributed by atoms with E-state index in [4.69, 9.17) is 14.2 Å². The van der Waals surface area contributed by atoms with Crippen LogP contribution in [0, 0.1) is 0 Å². The van der Waals surface area contributed by atoms with Crippen LogP contribution in [-0.2, 0) is 12.4 Å². The van der Waals surface area contributed by atoms with E-state index >= 15 is 0 Å². The predicted octanol–water partition coefficient (Wildman–Crippen LogP) is 4.51. The minimum atomic E-state index is -5.15. The molecule has 0 saturated heterocycles. The monoisotopic (exact) mass is 447 g/mol. The van der Waals surface area contributed by atoms with E-state index in [1.165, 1.54) is 33.5 Å². The Morgan fingerprint density at radius 2 is 1.27 bits per heavy atom. The van der Waals surface area contributed by atoms with Gasteiger partial charge in [-0.2, -0.15) is 26.3 Å². The van der Waals surface area contributed by atoms with E-state index in [9.17, 15) is 31.1 Å². The molecule has 1 atom stereocenters. The summed E-state index contributed by atoms with van der Waals surface area (Å²) < 4.78 is 95.2. The summed E-state index contributed by atoms with van der Waals surface area (Å²) in [5.41, 5.74) is -6.11. The molecule has 0 N–H and O–H groups in total. The van der Waals surface area contributed by atoms with Crippen molar-refractivity contribution in [3.05, 3.63) is 47.0 Å². The first-order chi connectivity index (χ1) is 13.4. The summed E-state index contributed by atoms with van der Waals surface area (Å²) in [5.74, 6) is 0.336. The molecule has 0 heterocycles. The van der Waals surface area contributed by atoms with Gasteiger partial charge in [0, 0.05) is 36.6 Å². The third-order valence-corrected chi connectivity index (χ3v) is 5.08. The summed E-state index contributed by atoms with van der Waals surface area (Å²) in [6, 6.07) is 4.18. The molecular weight excluding hydrogens is 432 g/mol. The molecule has 0 aliphatic rings. The van der Waals surface area contributed by atoms with Gasteiger partial charge in [0.2, 0.25) is 0 Å². The van der Waals surface area contributed by atoms with Gasteiger partial charge in [0.25, 0.3) is 0 Å². The summed E-state index contributed by atoms with van der Waals surface area (Å²) in [5, 5.41) is 0.0194. The maximum Gasteiger partial charge on any atom is 0.417 e. The summed E-state index contributed by atoms with van der Waals surface area (Å²) >= 11 is 0. The number of methoxy groups -OCH3 is 3. The number of alkyl halides is 6. The van der Waals surface area contributed by atoms with Crippen LogP contribution in [-0.4, -0.2) is 45.7 Å². The topological polar surface area (TPSA) is 44.8 Å². The van der Waals surface area contributed by atoms with Crippen LogP contribution in [0.4, 0.5) is 26.3 Å². The Balaban J connectivity index is 0.00000450. The van der Waals surface area contributed by atoms with E-state index in [2.05, 4.69) is 0 Å². The maximum atomic E-state index is 13.3. The summed E-state index contributed by atoms with van der Waals surface area (Å²) in [6.45, 7) is 0. The summed E-state index contributed by atoms with van der Waals surface area (Å²) in [7, 11) is 2.68. The summed E-state index contributed by atoms with van der Waals surface area (Å²) in [4.78, 5) is 12.7. The van der Waals surface area contributed by atoms with Crippen molar-refractivity contribution >= 4 is 38.3 Å². The first-order valence-electron chi connectivity index (χ1n) is 7.82. The van der Waals surface area contributed by atoms with Crippen LogP contribution in [0.25, 0.3) is 0 Å². The Hall–Kier alpha value is -1.88. The zero-order chi connectivity index (χ0) is 22.0. The molecule has 0 bridgehead atoms. The van der Waals surface area contributed by atoms with Gasteiger partial charge in [-0.05, 0) is 20.7 Å². The molecule has 1 unspecified atom stereocenters. The van der Waals surface area contributed by atoms with Gasteiger partial charge in [-0.1, -0.05) is 6.07 Å². The van der Waals surface area contributed by atoms with Crippen molar-refractivity contribution in [2.24, 2.45) is 0 Å². The van der Waals surface area contributed by atoms with Gasteiger partial charge in [-0.15, -0.1) is 0 Å². The van der Waals surface area contributed by atoms with Gasteiger partial charge >= 0.3 is 12.4 Å². The van der Waals surface area contributed by atoms with E-state index in [-0.39, 0.29) is 41.4 Å². The third-order valence-electron chi connectivity index (χ3n) is 3.86. The van der Waals surface area contributed by atoms with E-state index in [1.807, 2.05) is 0 Å². The Morgan fingerprint density at radius 3 is 1.60 bits per heavy atom. The molecule has 2 aromatic rings. The minimum Gasteiger partial charge on any atom is -0.496 e. The average Bonchev–Trinajstić information content (AvgIpc) is 2.65. The number of carbonyl (C=O) groups is 1. The fourth-order valence-corrected chi connectivity index (χ4v) is 3.79. The molecule has 2 rings (SSSR count). The molecule has 0 aromatic heterocycles. The van der Waals surface area contributed by atoms with E-state index < -0.39 is 43.1 Å². The molecule has 1 radical (unpaired) electrons. The van der Waals surface area contributed by atoms with Crippen molar-refractivity contribution in [1.29, 1.82) is 0 Å². The molecule has 30 heavy (non-hydrogen) atoms. The van der Waals surface area contributed by atoms with Crippen LogP contribution in [0.5, 0.6) is 17.2 Å². The zero-order valence-corrected chi connectivity index (χ0v) is 17.3. The largest absolute Gasteiger partial charge is 0.496 e. The van der Waals surface area contributed by atoms with E-state index in [0.29, 0.717) is 18.2 Å². The molecule has 12 heteroatoms. The van der Waals surface area contributed by atoms with Gasteiger partial charge in [-0.3, -0.25) is 4.79 Å². The number of rotatable bonds is 6. The third kappa shape index (κ3) is 5.63. The molecular formula is C18H15F6LiO4P. The fourth-order valence-electron chi connectivity index (χ4n) is 2.57. The molecule has 2 aromatic carbocycles. The van der Waals surface area contributed by atoms with Crippen LogP contribution in [0.3, 0.4) is 0 Å². The first-order valence-corrected chi connectivity index (χ1v) is 8.82. The molecule has 0 amide bonds. The molecule has 0 fully saturated rings. The Morgan fingerprint density at radius 1 is 0.833 bits per heavy atom. The fraction of sp³-hybridized carbons (Fsp3) is 0.278. The zero-order valence-electron chi connectivity index (χ0n) is 16.3. The normalized spacial score (nSPS) is 11.9. The van der Waals surface area contributed by atoms with Crippen molar-refractivity contribution in [2.75, 3.05) is 21.3 Å². The van der Waals surface area contributed by atoms with Crippen LogP contribution < -0.4 is 19.5 Å². The van der Waals surface area contributed by atoms with Crippen LogP contribution in [0.2, 0.25) is 0 Å². The first kappa shape index (κ1) is 26.2. The van der Waals surface area contributed by atoms with Crippen molar-refractivity contribution in [3.8, 4) is 17.2 Å². The number of halogens is 6. The van der Waals surface area contributed by atoms with Gasteiger partial charge in [0.1, 0.15) is 17.2 Å². The van der Waals surface area contributed by atoms with E-state index in [1.54, 1.807) is 0 Å². The van der Waals surface area contributed by atoms with Crippen LogP contribution in [0.15, 0.2) is 30.3 Å². The SMILES string of the molecule is COc1cc(OC)c(PC(=O)c2c(C(F)(F)F)cccc2C(F)(F)F)c(OC)c1.[Li]. The number of ether oxygens (including phenoxy) is 3. The van der Waals surface area contributed by atoms with Gasteiger partial charge in [0.15, 0.2) is 5.52 Å². The molecule has 0 saturated carbocycles.